The van der Waals surface area contributed by atoms with Crippen LogP contribution in [0.1, 0.15) is 166 Å². The number of aromatic nitrogens is 3. The molecule has 1 aromatic carbocycles. The molecule has 20 amide bonds. The summed E-state index contributed by atoms with van der Waals surface area (Å²) < 4.78 is 0. The van der Waals surface area contributed by atoms with Crippen molar-refractivity contribution in [2.75, 3.05) is 44.9 Å². The van der Waals surface area contributed by atoms with Crippen LogP contribution >= 0.6 is 11.8 Å². The average molecular weight is 2110 g/mol. The van der Waals surface area contributed by atoms with E-state index in [0.29, 0.717) is 28.6 Å². The number of aromatic amines is 2. The number of rotatable bonds is 63. The van der Waals surface area contributed by atoms with Gasteiger partial charge in [-0.3, -0.25) is 101 Å². The van der Waals surface area contributed by atoms with Gasteiger partial charge < -0.3 is 169 Å². The largest absolute Gasteiger partial charge is 0.480 e. The van der Waals surface area contributed by atoms with Crippen molar-refractivity contribution in [3.63, 3.8) is 0 Å². The van der Waals surface area contributed by atoms with Crippen LogP contribution in [0.2, 0.25) is 0 Å². The van der Waals surface area contributed by atoms with Gasteiger partial charge in [-0.15, -0.1) is 0 Å². The van der Waals surface area contributed by atoms with E-state index in [1.54, 1.807) is 58.2 Å². The Kier molecular flexibility index (Phi) is 52.7. The number of H-pyrrole nitrogens is 2. The first-order chi connectivity index (χ1) is 69.4. The average Bonchev–Trinajstić information content (AvgIpc) is 1.65. The number of aliphatic hydroxyl groups excluding tert-OH is 6. The number of primary amides is 1. The Morgan fingerprint density at radius 3 is 1.31 bits per heavy atom. The molecule has 23 atom stereocenters. The number of nitrogens with zero attached hydrogens (tertiary/aromatic N) is 2. The highest BCUT2D eigenvalue weighted by molar-refractivity contribution is 7.98. The molecule has 2 aromatic heterocycles. The van der Waals surface area contributed by atoms with Crippen LogP contribution in [0.4, 0.5) is 0 Å². The molecule has 1 saturated heterocycles. The number of nitrogens with two attached hydrogens (primary N) is 3. The van der Waals surface area contributed by atoms with Gasteiger partial charge in [-0.25, -0.2) is 9.78 Å². The monoisotopic (exact) mass is 2110 g/mol. The molecule has 35 N–H and O–H groups in total. The van der Waals surface area contributed by atoms with Crippen molar-refractivity contribution in [2.24, 2.45) is 40.9 Å². The minimum Gasteiger partial charge on any atom is -0.480 e. The number of carbonyl (C=O) groups excluding carboxylic acids is 20. The third-order valence-electron chi connectivity index (χ3n) is 23.6. The van der Waals surface area contributed by atoms with Crippen LogP contribution < -0.4 is 118 Å². The number of carboxylic acids is 1. The minimum absolute atomic E-state index is 0.0401. The lowest BCUT2D eigenvalue weighted by Gasteiger charge is -2.30. The summed E-state index contributed by atoms with van der Waals surface area (Å²) in [6.45, 7) is 17.6. The first-order valence-corrected chi connectivity index (χ1v) is 49.8. The molecule has 0 unspecified atom stereocenters. The molecular formula is C92H149N27O28S. The van der Waals surface area contributed by atoms with E-state index in [1.165, 1.54) is 63.8 Å². The predicted molar refractivity (Wildman–Crippen MR) is 533 cm³/mol. The molecule has 826 valence electrons. The number of carboxylic acid groups (broad SMARTS) is 1. The first kappa shape index (κ1) is 126. The predicted octanol–water partition coefficient (Wildman–Crippen LogP) is -10.7. The Labute approximate surface area is 858 Å². The number of nitrogens with one attached hydrogen (secondary N) is 22. The molecule has 1 aliphatic rings. The lowest BCUT2D eigenvalue weighted by molar-refractivity contribution is -0.145. The summed E-state index contributed by atoms with van der Waals surface area (Å²) in [5.41, 5.74) is 18.0. The van der Waals surface area contributed by atoms with Gasteiger partial charge in [0.1, 0.15) is 109 Å². The number of likely N-dealkylation sites (tertiary alicyclic amines) is 1. The highest BCUT2D eigenvalue weighted by Gasteiger charge is 2.44. The van der Waals surface area contributed by atoms with Gasteiger partial charge in [-0.05, 0) is 141 Å². The number of guanidine groups is 1. The highest BCUT2D eigenvalue weighted by Crippen LogP contribution is 2.24. The smallest absolute Gasteiger partial charge is 0.328 e. The van der Waals surface area contributed by atoms with Crippen molar-refractivity contribution in [1.82, 2.24) is 121 Å². The van der Waals surface area contributed by atoms with Crippen molar-refractivity contribution >= 4 is 153 Å². The van der Waals surface area contributed by atoms with Crippen molar-refractivity contribution < 1.29 is 136 Å². The van der Waals surface area contributed by atoms with Gasteiger partial charge in [0.15, 0.2) is 12.0 Å². The number of aliphatic carboxylic acids is 1. The van der Waals surface area contributed by atoms with Crippen molar-refractivity contribution in [3.8, 4) is 0 Å². The molecule has 0 saturated carbocycles. The summed E-state index contributed by atoms with van der Waals surface area (Å²) in [5, 5.41) is 128. The Bertz CT molecular complexity index is 5060. The number of fused-ring (bicyclic) bond motifs is 1. The Morgan fingerprint density at radius 1 is 0.453 bits per heavy atom. The van der Waals surface area contributed by atoms with Gasteiger partial charge in [-0.1, -0.05) is 73.6 Å². The van der Waals surface area contributed by atoms with E-state index in [0.717, 1.165) is 41.5 Å². The summed E-state index contributed by atoms with van der Waals surface area (Å²) >= 11 is 1.44. The van der Waals surface area contributed by atoms with Crippen LogP contribution in [0.25, 0.3) is 10.9 Å². The first-order valence-electron chi connectivity index (χ1n) is 48.4. The summed E-state index contributed by atoms with van der Waals surface area (Å²) in [5.74, 6) is -25.1. The van der Waals surface area contributed by atoms with E-state index in [9.17, 15) is 136 Å². The molecule has 55 nitrogen and oxygen atoms in total. The van der Waals surface area contributed by atoms with E-state index in [-0.39, 0.29) is 82.1 Å². The standard InChI is InChI=1S/C92H149N27O28S/c1-40(2)29-57(108-80(135)59(31-51-35-99-54-22-18-17-21-53(51)54)109-84(139)64-24-20-27-119(64)90(145)56(25-28-148-16)104-66(127)34-93)79(134)112-62(37-120)82(137)103-46(11)75(130)115-70(48(13)123)89(144)117-71(49(14)124)88(143)114-67(42(5)6)85(140)105-55(23-19-26-98-92(95)96)76(131)111-63(38-121)83(138)113-68(43(7)8)86(141)116-69(47(12)122)87(142)110-60(32-52-36-97-39-100-52)77(132)101-45(10)74(129)107-61(33-65(94)126)78(133)102-44(9)73(128)106-58(30-41(3)4)81(136)118-72(50(15)125)91(146)147/h17-18,21-22,35-36,39-50,55-64,67-72,99,120-125H,19-20,23-34,37-38,93H2,1-16H3,(H2,94,126)(H,97,100)(H,101,132)(H,102,133)(H,103,137)(H,104,127)(H,105,140)(H,106,128)(H,107,129)(H,108,135)(H,109,139)(H,110,142)(H,111,131)(H,112,134)(H,113,138)(H,114,143)(H,115,130)(H,116,141)(H,117,144)(H,118,136)(H,146,147)(H4,95,96,98)/t44-,45-,46-,47+,48+,49+,50+,55-,56-,57-,58-,59-,60-,61-,62-,63-,64-,67-,68-,69-,70-,71-,72-/m0/s1. The number of aliphatic hydroxyl groups is 6. The zero-order chi connectivity index (χ0) is 112. The van der Waals surface area contributed by atoms with Crippen LogP contribution in [-0.2, 0) is 114 Å². The summed E-state index contributed by atoms with van der Waals surface area (Å²) in [6.07, 6.45) is -2.17. The van der Waals surface area contributed by atoms with Crippen molar-refractivity contribution in [1.29, 1.82) is 5.41 Å². The lowest BCUT2D eigenvalue weighted by Crippen LogP contribution is -2.64. The Hall–Kier alpha value is -13.8. The summed E-state index contributed by atoms with van der Waals surface area (Å²) in [6, 6.07) is -24.1. The second-order valence-electron chi connectivity index (χ2n) is 37.8. The highest BCUT2D eigenvalue weighted by atomic mass is 32.2. The minimum atomic E-state index is -2.01. The maximum Gasteiger partial charge on any atom is 0.328 e. The fourth-order valence-corrected chi connectivity index (χ4v) is 15.8. The summed E-state index contributed by atoms with van der Waals surface area (Å²) in [4.78, 5) is 301. The molecule has 0 bridgehead atoms. The van der Waals surface area contributed by atoms with Gasteiger partial charge in [0.05, 0.1) is 56.9 Å². The van der Waals surface area contributed by atoms with E-state index < -0.39 is 307 Å². The molecule has 4 rings (SSSR count). The van der Waals surface area contributed by atoms with Crippen LogP contribution in [0.5, 0.6) is 0 Å². The zero-order valence-corrected chi connectivity index (χ0v) is 86.5. The number of imidazole rings is 1. The van der Waals surface area contributed by atoms with Crippen LogP contribution in [0.3, 0.4) is 0 Å². The topological polar surface area (TPSA) is 878 Å². The Morgan fingerprint density at radius 2 is 0.845 bits per heavy atom. The maximum absolute atomic E-state index is 14.7. The number of hydrogen-bond acceptors (Lipinski definition) is 31. The number of thioether (sulfide) groups is 1. The molecular weight excluding hydrogens is 1960 g/mol. The number of carbonyl (C=O) groups is 21. The SMILES string of the molecule is CSCC[C@H](NC(=O)CN)C(=O)N1CCC[C@H]1C(=O)N[C@@H](Cc1c[nH]c2ccccc12)C(=O)N[C@@H](CC(C)C)C(=O)N[C@@H](CO)C(=O)N[C@@H](C)C(=O)N[C@H](C(=O)N[C@H](C(=O)N[C@H](C(=O)N[C@@H](CCCNC(=N)N)C(=O)N[C@@H](CO)C(=O)N[C@H](C(=O)N[C@H](C(=O)N[C@@H](Cc1cnc[nH]1)C(=O)N[C@@H](C)C(=O)N[C@@H](CC(N)=O)C(=O)N[C@@H](C)C(=O)N[C@@H](CC(C)C)C(=O)N[C@H](C(=O)O)[C@@H](C)O)[C@@H](C)O)C(C)C)C(C)C)[C@@H](C)O)[C@@H](C)O. The molecule has 0 radical (unpaired) electrons. The molecule has 148 heavy (non-hydrogen) atoms. The second kappa shape index (κ2) is 61.7. The fraction of sp³-hybridized carbons (Fsp3) is 0.641. The summed E-state index contributed by atoms with van der Waals surface area (Å²) in [7, 11) is 0. The van der Waals surface area contributed by atoms with E-state index in [2.05, 4.69) is 116 Å². The van der Waals surface area contributed by atoms with Gasteiger partial charge in [0.2, 0.25) is 118 Å². The molecule has 3 aromatic rings. The molecule has 1 aliphatic heterocycles. The fourth-order valence-electron chi connectivity index (χ4n) is 15.3. The second-order valence-corrected chi connectivity index (χ2v) is 38.8. The lowest BCUT2D eigenvalue weighted by atomic mass is 10.00. The molecule has 1 fully saturated rings. The third kappa shape index (κ3) is 40.8. The van der Waals surface area contributed by atoms with E-state index >= 15 is 0 Å². The number of para-hydroxylation sites is 1. The van der Waals surface area contributed by atoms with Gasteiger partial charge in [0.25, 0.3) is 0 Å². The maximum atomic E-state index is 14.7. The number of benzene rings is 1. The number of amides is 20. The van der Waals surface area contributed by atoms with Crippen LogP contribution in [0.15, 0.2) is 43.0 Å². The van der Waals surface area contributed by atoms with Crippen molar-refractivity contribution in [2.45, 2.75) is 307 Å². The van der Waals surface area contributed by atoms with E-state index in [1.807, 2.05) is 6.26 Å². The zero-order valence-electron chi connectivity index (χ0n) is 85.7. The van der Waals surface area contributed by atoms with Gasteiger partial charge >= 0.3 is 5.97 Å². The van der Waals surface area contributed by atoms with Gasteiger partial charge in [-0.2, -0.15) is 11.8 Å². The normalized spacial score (nSPS) is 16.9. The number of hydrogen-bond donors (Lipinski definition) is 32. The molecule has 56 heteroatoms. The van der Waals surface area contributed by atoms with Gasteiger partial charge in [0, 0.05) is 54.9 Å². The third-order valence-corrected chi connectivity index (χ3v) is 24.2. The molecule has 0 spiro atoms. The Balaban J connectivity index is 1.47. The van der Waals surface area contributed by atoms with Crippen LogP contribution in [-0.4, -0.2) is 370 Å². The molecule has 0 aliphatic carbocycles. The molecule has 3 heterocycles. The van der Waals surface area contributed by atoms with E-state index in [4.69, 9.17) is 22.6 Å². The van der Waals surface area contributed by atoms with Crippen molar-refractivity contribution in [3.05, 3.63) is 54.2 Å². The quantitative estimate of drug-likeness (QED) is 0.0142. The van der Waals surface area contributed by atoms with Crippen LogP contribution in [0, 0.1) is 29.1 Å².